The maximum atomic E-state index is 12.1. The minimum absolute atomic E-state index is 0.155. The molecule has 1 aromatic rings. The summed E-state index contributed by atoms with van der Waals surface area (Å²) in [4.78, 5) is 0. The molecule has 2 nitrogen and oxygen atoms in total. The molecular weight excluding hydrogens is 276 g/mol. The van der Waals surface area contributed by atoms with Crippen molar-refractivity contribution in [3.05, 3.63) is 33.8 Å². The fourth-order valence-electron chi connectivity index (χ4n) is 1.38. The van der Waals surface area contributed by atoms with Crippen LogP contribution in [0.4, 0.5) is 13.2 Å². The number of nitrogens with two attached hydrogens (primary N) is 1. The van der Waals surface area contributed by atoms with Crippen molar-refractivity contribution < 1.29 is 13.2 Å². The van der Waals surface area contributed by atoms with Crippen molar-refractivity contribution >= 4 is 23.2 Å². The summed E-state index contributed by atoms with van der Waals surface area (Å²) in [5.41, 5.74) is 2.91. The van der Waals surface area contributed by atoms with Crippen LogP contribution >= 0.6 is 23.2 Å². The first kappa shape index (κ1) is 14.6. The van der Waals surface area contributed by atoms with Gasteiger partial charge in [-0.1, -0.05) is 29.3 Å². The molecule has 0 aliphatic rings. The number of nitrogens with one attached hydrogen (secondary N) is 1. The second-order valence-electron chi connectivity index (χ2n) is 3.55. The van der Waals surface area contributed by atoms with Gasteiger partial charge in [0.05, 0.1) is 10.0 Å². The number of benzene rings is 1. The summed E-state index contributed by atoms with van der Waals surface area (Å²) in [6.45, 7) is 0. The zero-order chi connectivity index (χ0) is 13.1. The summed E-state index contributed by atoms with van der Waals surface area (Å²) in [6.07, 6.45) is -5.27. The Morgan fingerprint density at radius 1 is 1.24 bits per heavy atom. The van der Waals surface area contributed by atoms with E-state index < -0.39 is 18.6 Å². The van der Waals surface area contributed by atoms with E-state index >= 15 is 0 Å². The molecule has 17 heavy (non-hydrogen) atoms. The lowest BCUT2D eigenvalue weighted by Crippen LogP contribution is -2.29. The standard InChI is InChI=1S/C10H11Cl2F3N2/c11-7-2-1-6(5-8(7)12)9(17-16)3-4-10(13,14)15/h1-2,5,9,17H,3-4,16H2. The molecule has 0 heterocycles. The van der Waals surface area contributed by atoms with Crippen LogP contribution in [0, 0.1) is 0 Å². The topological polar surface area (TPSA) is 38.0 Å². The van der Waals surface area contributed by atoms with Gasteiger partial charge in [-0.05, 0) is 24.1 Å². The summed E-state index contributed by atoms with van der Waals surface area (Å²) in [7, 11) is 0. The highest BCUT2D eigenvalue weighted by molar-refractivity contribution is 6.42. The van der Waals surface area contributed by atoms with Gasteiger partial charge in [-0.25, -0.2) is 0 Å². The lowest BCUT2D eigenvalue weighted by molar-refractivity contribution is -0.136. The first-order valence-electron chi connectivity index (χ1n) is 4.81. The molecule has 0 aliphatic heterocycles. The van der Waals surface area contributed by atoms with Crippen molar-refractivity contribution in [2.75, 3.05) is 0 Å². The smallest absolute Gasteiger partial charge is 0.271 e. The third kappa shape index (κ3) is 4.71. The molecule has 0 spiro atoms. The molecule has 0 radical (unpaired) electrons. The van der Waals surface area contributed by atoms with Crippen LogP contribution in [-0.2, 0) is 0 Å². The van der Waals surface area contributed by atoms with Crippen LogP contribution in [0.3, 0.4) is 0 Å². The van der Waals surface area contributed by atoms with Crippen molar-refractivity contribution in [3.8, 4) is 0 Å². The van der Waals surface area contributed by atoms with E-state index in [4.69, 9.17) is 29.0 Å². The van der Waals surface area contributed by atoms with Gasteiger partial charge in [0.2, 0.25) is 0 Å². The fourth-order valence-corrected chi connectivity index (χ4v) is 1.69. The van der Waals surface area contributed by atoms with Crippen LogP contribution in [0.25, 0.3) is 0 Å². The number of hydrogen-bond donors (Lipinski definition) is 2. The Morgan fingerprint density at radius 3 is 2.35 bits per heavy atom. The Hall–Kier alpha value is -0.490. The van der Waals surface area contributed by atoms with E-state index in [-0.39, 0.29) is 11.4 Å². The van der Waals surface area contributed by atoms with Gasteiger partial charge < -0.3 is 0 Å². The van der Waals surface area contributed by atoms with Crippen LogP contribution in [0.1, 0.15) is 24.4 Å². The highest BCUT2D eigenvalue weighted by Crippen LogP contribution is 2.30. The average molecular weight is 287 g/mol. The van der Waals surface area contributed by atoms with Crippen molar-refractivity contribution in [1.82, 2.24) is 5.43 Å². The highest BCUT2D eigenvalue weighted by Gasteiger charge is 2.28. The molecule has 3 N–H and O–H groups in total. The van der Waals surface area contributed by atoms with E-state index in [2.05, 4.69) is 5.43 Å². The molecule has 0 saturated carbocycles. The summed E-state index contributed by atoms with van der Waals surface area (Å²) in [6, 6.07) is 4.02. The summed E-state index contributed by atoms with van der Waals surface area (Å²) in [5.74, 6) is 5.23. The lowest BCUT2D eigenvalue weighted by Gasteiger charge is -2.17. The van der Waals surface area contributed by atoms with Crippen molar-refractivity contribution in [2.24, 2.45) is 5.84 Å². The molecule has 7 heteroatoms. The molecule has 96 valence electrons. The van der Waals surface area contributed by atoms with E-state index in [1.807, 2.05) is 0 Å². The normalized spacial score (nSPS) is 13.8. The van der Waals surface area contributed by atoms with Crippen molar-refractivity contribution in [2.45, 2.75) is 25.1 Å². The Balaban J connectivity index is 2.76. The molecule has 0 fully saturated rings. The van der Waals surface area contributed by atoms with Gasteiger partial charge >= 0.3 is 6.18 Å². The quantitative estimate of drug-likeness (QED) is 0.652. The zero-order valence-electron chi connectivity index (χ0n) is 8.69. The van der Waals surface area contributed by atoms with E-state index in [0.29, 0.717) is 10.6 Å². The van der Waals surface area contributed by atoms with Crippen LogP contribution in [0.5, 0.6) is 0 Å². The average Bonchev–Trinajstić information content (AvgIpc) is 2.22. The molecule has 1 unspecified atom stereocenters. The van der Waals surface area contributed by atoms with E-state index in [1.54, 1.807) is 6.07 Å². The molecule has 0 aliphatic carbocycles. The number of rotatable bonds is 4. The molecule has 1 aromatic carbocycles. The van der Waals surface area contributed by atoms with Gasteiger partial charge in [0.15, 0.2) is 0 Å². The van der Waals surface area contributed by atoms with E-state index in [9.17, 15) is 13.2 Å². The molecule has 0 amide bonds. The number of halogens is 5. The van der Waals surface area contributed by atoms with Gasteiger partial charge in [-0.15, -0.1) is 0 Å². The van der Waals surface area contributed by atoms with E-state index in [0.717, 1.165) is 0 Å². The fraction of sp³-hybridized carbons (Fsp3) is 0.400. The minimum atomic E-state index is -4.20. The molecule has 1 rings (SSSR count). The predicted octanol–water partition coefficient (Wildman–Crippen LogP) is 3.84. The summed E-state index contributed by atoms with van der Waals surface area (Å²) in [5, 5.41) is 0.637. The lowest BCUT2D eigenvalue weighted by atomic mass is 10.0. The van der Waals surface area contributed by atoms with Gasteiger partial charge in [0.25, 0.3) is 0 Å². The molecule has 0 bridgehead atoms. The van der Waals surface area contributed by atoms with Crippen LogP contribution < -0.4 is 11.3 Å². The summed E-state index contributed by atoms with van der Waals surface area (Å²) < 4.78 is 36.3. The Labute approximate surface area is 107 Å². The predicted molar refractivity (Wildman–Crippen MR) is 61.8 cm³/mol. The Bertz CT molecular complexity index is 382. The maximum Gasteiger partial charge on any atom is 0.389 e. The van der Waals surface area contributed by atoms with Crippen LogP contribution in [0.2, 0.25) is 10.0 Å². The molecule has 1 atom stereocenters. The van der Waals surface area contributed by atoms with Gasteiger partial charge in [0, 0.05) is 12.5 Å². The first-order chi connectivity index (χ1) is 7.83. The van der Waals surface area contributed by atoms with Crippen LogP contribution in [0.15, 0.2) is 18.2 Å². The molecular formula is C10H11Cl2F3N2. The first-order valence-corrected chi connectivity index (χ1v) is 5.57. The zero-order valence-corrected chi connectivity index (χ0v) is 10.2. The van der Waals surface area contributed by atoms with Crippen LogP contribution in [-0.4, -0.2) is 6.18 Å². The highest BCUT2D eigenvalue weighted by atomic mass is 35.5. The van der Waals surface area contributed by atoms with E-state index in [1.165, 1.54) is 12.1 Å². The molecule has 0 saturated heterocycles. The number of hydrazine groups is 1. The minimum Gasteiger partial charge on any atom is -0.271 e. The van der Waals surface area contributed by atoms with Gasteiger partial charge in [-0.3, -0.25) is 11.3 Å². The SMILES string of the molecule is NNC(CCC(F)(F)F)c1ccc(Cl)c(Cl)c1. The third-order valence-corrected chi connectivity index (χ3v) is 3.00. The third-order valence-electron chi connectivity index (χ3n) is 2.26. The largest absolute Gasteiger partial charge is 0.389 e. The maximum absolute atomic E-state index is 12.1. The monoisotopic (exact) mass is 286 g/mol. The van der Waals surface area contributed by atoms with Crippen molar-refractivity contribution in [1.29, 1.82) is 0 Å². The molecule has 0 aromatic heterocycles. The van der Waals surface area contributed by atoms with Gasteiger partial charge in [-0.2, -0.15) is 13.2 Å². The second-order valence-corrected chi connectivity index (χ2v) is 4.36. The second kappa shape index (κ2) is 5.91. The Morgan fingerprint density at radius 2 is 1.88 bits per heavy atom. The van der Waals surface area contributed by atoms with Crippen molar-refractivity contribution in [3.63, 3.8) is 0 Å². The number of alkyl halides is 3. The number of hydrogen-bond acceptors (Lipinski definition) is 2. The Kier molecular flexibility index (Phi) is 5.06. The summed E-state index contributed by atoms with van der Waals surface area (Å²) >= 11 is 11.5. The van der Waals surface area contributed by atoms with Gasteiger partial charge in [0.1, 0.15) is 0 Å².